The SMILES string of the molecule is COc1ccc(N(C(=O)Nc2ccc(F)cc2)C(C)c2nc3ccccc3c(=O)n2N2CCN(C(=O)[C@@H]3CCCN3C(=O)OC(C)(C)C)CC2)c(OC)c1. The van der Waals surface area contributed by atoms with E-state index in [-0.39, 0.29) is 43.5 Å². The predicted octanol–water partition coefficient (Wildman–Crippen LogP) is 5.53. The van der Waals surface area contributed by atoms with E-state index < -0.39 is 35.6 Å². The lowest BCUT2D eigenvalue weighted by Crippen LogP contribution is -2.59. The van der Waals surface area contributed by atoms with Gasteiger partial charge in [0, 0.05) is 31.4 Å². The largest absolute Gasteiger partial charge is 0.497 e. The number of carbonyl (C=O) groups excluding carboxylic acids is 3. The van der Waals surface area contributed by atoms with E-state index >= 15 is 0 Å². The topological polar surface area (TPSA) is 139 Å². The van der Waals surface area contributed by atoms with Crippen LogP contribution in [0, 0.1) is 5.82 Å². The summed E-state index contributed by atoms with van der Waals surface area (Å²) in [7, 11) is 2.99. The normalized spacial score (nSPS) is 16.6. The molecular formula is C39H46FN7O7. The fraction of sp³-hybridized carbons (Fsp3) is 0.410. The molecule has 4 amide bonds. The lowest BCUT2D eigenvalue weighted by molar-refractivity contribution is -0.136. The van der Waals surface area contributed by atoms with Crippen LogP contribution in [0.2, 0.25) is 0 Å². The first-order valence-electron chi connectivity index (χ1n) is 17.9. The third kappa shape index (κ3) is 7.89. The second kappa shape index (κ2) is 15.6. The Morgan fingerprint density at radius 1 is 0.944 bits per heavy atom. The third-order valence-electron chi connectivity index (χ3n) is 9.52. The van der Waals surface area contributed by atoms with Crippen LogP contribution in [0.15, 0.2) is 71.5 Å². The summed E-state index contributed by atoms with van der Waals surface area (Å²) >= 11 is 0. The van der Waals surface area contributed by atoms with Crippen LogP contribution < -0.4 is 30.3 Å². The molecule has 4 aromatic rings. The van der Waals surface area contributed by atoms with Gasteiger partial charge in [-0.2, -0.15) is 0 Å². The summed E-state index contributed by atoms with van der Waals surface area (Å²) in [6, 6.07) is 15.3. The van der Waals surface area contributed by atoms with Crippen molar-refractivity contribution >= 4 is 40.3 Å². The Kier molecular flexibility index (Phi) is 11.0. The van der Waals surface area contributed by atoms with Crippen molar-refractivity contribution in [1.29, 1.82) is 0 Å². The molecule has 0 aliphatic carbocycles. The van der Waals surface area contributed by atoms with Gasteiger partial charge in [0.25, 0.3) is 5.56 Å². The highest BCUT2D eigenvalue weighted by Crippen LogP contribution is 2.37. The van der Waals surface area contributed by atoms with Gasteiger partial charge in [0.2, 0.25) is 5.91 Å². The van der Waals surface area contributed by atoms with Gasteiger partial charge in [-0.05, 0) is 89.1 Å². The second-order valence-electron chi connectivity index (χ2n) is 14.2. The average molecular weight is 744 g/mol. The van der Waals surface area contributed by atoms with Crippen molar-refractivity contribution in [3.05, 3.63) is 88.7 Å². The number of urea groups is 1. The van der Waals surface area contributed by atoms with Crippen LogP contribution >= 0.6 is 0 Å². The zero-order valence-electron chi connectivity index (χ0n) is 31.4. The van der Waals surface area contributed by atoms with Gasteiger partial charge in [-0.25, -0.2) is 23.6 Å². The van der Waals surface area contributed by atoms with Gasteiger partial charge in [0.05, 0.1) is 49.9 Å². The van der Waals surface area contributed by atoms with Crippen molar-refractivity contribution in [1.82, 2.24) is 19.5 Å². The number of nitrogens with one attached hydrogen (secondary N) is 1. The molecule has 286 valence electrons. The molecule has 0 radical (unpaired) electrons. The van der Waals surface area contributed by atoms with Gasteiger partial charge in [-0.3, -0.25) is 19.4 Å². The molecule has 3 heterocycles. The van der Waals surface area contributed by atoms with E-state index in [1.54, 1.807) is 75.1 Å². The van der Waals surface area contributed by atoms with Crippen LogP contribution in [0.3, 0.4) is 0 Å². The van der Waals surface area contributed by atoms with E-state index in [1.807, 2.05) is 5.01 Å². The van der Waals surface area contributed by atoms with Crippen LogP contribution in [-0.4, -0.2) is 96.1 Å². The number of methoxy groups -OCH3 is 2. The molecule has 14 nitrogen and oxygen atoms in total. The number of aromatic nitrogens is 2. The Hall–Kier alpha value is -5.86. The van der Waals surface area contributed by atoms with Crippen LogP contribution in [0.1, 0.15) is 52.4 Å². The summed E-state index contributed by atoms with van der Waals surface area (Å²) in [6.45, 7) is 8.69. The average Bonchev–Trinajstić information content (AvgIpc) is 3.66. The van der Waals surface area contributed by atoms with Crippen molar-refractivity contribution in [2.24, 2.45) is 0 Å². The number of ether oxygens (including phenoxy) is 3. The number of anilines is 2. The van der Waals surface area contributed by atoms with E-state index in [2.05, 4.69) is 5.32 Å². The number of nitrogens with zero attached hydrogens (tertiary/aromatic N) is 6. The van der Waals surface area contributed by atoms with Gasteiger partial charge >= 0.3 is 12.1 Å². The maximum absolute atomic E-state index is 14.4. The fourth-order valence-corrected chi connectivity index (χ4v) is 6.88. The Morgan fingerprint density at radius 2 is 1.65 bits per heavy atom. The monoisotopic (exact) mass is 743 g/mol. The minimum Gasteiger partial charge on any atom is -0.497 e. The smallest absolute Gasteiger partial charge is 0.410 e. The molecule has 0 bridgehead atoms. The maximum Gasteiger partial charge on any atom is 0.410 e. The van der Waals surface area contributed by atoms with Gasteiger partial charge in [0.15, 0.2) is 5.82 Å². The summed E-state index contributed by atoms with van der Waals surface area (Å²) < 4.78 is 32.0. The Morgan fingerprint density at radius 3 is 2.31 bits per heavy atom. The molecule has 1 N–H and O–H groups in total. The highest BCUT2D eigenvalue weighted by molar-refractivity contribution is 6.03. The van der Waals surface area contributed by atoms with Crippen molar-refractivity contribution in [2.75, 3.05) is 62.2 Å². The molecule has 2 fully saturated rings. The molecule has 3 aromatic carbocycles. The molecule has 0 spiro atoms. The first-order chi connectivity index (χ1) is 25.8. The van der Waals surface area contributed by atoms with Crippen molar-refractivity contribution in [2.45, 2.75) is 58.2 Å². The zero-order valence-corrected chi connectivity index (χ0v) is 31.4. The van der Waals surface area contributed by atoms with Gasteiger partial charge in [-0.1, -0.05) is 12.1 Å². The Balaban J connectivity index is 1.35. The van der Waals surface area contributed by atoms with Gasteiger partial charge in [0.1, 0.15) is 29.0 Å². The molecule has 15 heteroatoms. The molecular weight excluding hydrogens is 697 g/mol. The Labute approximate surface area is 313 Å². The number of fused-ring (bicyclic) bond motifs is 1. The number of benzene rings is 3. The molecule has 2 aliphatic heterocycles. The molecule has 2 atom stereocenters. The molecule has 1 aromatic heterocycles. The van der Waals surface area contributed by atoms with Crippen LogP contribution in [-0.2, 0) is 9.53 Å². The van der Waals surface area contributed by atoms with Gasteiger partial charge in [-0.15, -0.1) is 0 Å². The summed E-state index contributed by atoms with van der Waals surface area (Å²) in [5, 5.41) is 5.06. The first kappa shape index (κ1) is 37.9. The third-order valence-corrected chi connectivity index (χ3v) is 9.52. The molecule has 54 heavy (non-hydrogen) atoms. The number of para-hydroxylation sites is 1. The number of hydrogen-bond donors (Lipinski definition) is 1. The Bertz CT molecular complexity index is 2080. The molecule has 0 saturated carbocycles. The molecule has 1 unspecified atom stereocenters. The number of halogens is 1. The van der Waals surface area contributed by atoms with Crippen molar-refractivity contribution < 1.29 is 33.0 Å². The van der Waals surface area contributed by atoms with Crippen molar-refractivity contribution in [3.8, 4) is 11.5 Å². The number of carbonyl (C=O) groups is 3. The van der Waals surface area contributed by atoms with Crippen LogP contribution in [0.25, 0.3) is 10.9 Å². The predicted molar refractivity (Wildman–Crippen MR) is 202 cm³/mol. The van der Waals surface area contributed by atoms with E-state index in [0.717, 1.165) is 0 Å². The van der Waals surface area contributed by atoms with Crippen molar-refractivity contribution in [3.63, 3.8) is 0 Å². The standard InChI is InChI=1S/C39H46FN7O7/c1-25(46(31-18-17-28(52-5)24-33(31)53-6)37(50)41-27-15-13-26(40)14-16-27)34-42-30-11-8-7-10-29(30)35(48)47(34)44-22-20-43(21-23-44)36(49)32-12-9-19-45(32)38(51)54-39(2,3)4/h7-8,10-11,13-18,24-25,32H,9,12,19-23H2,1-6H3,(H,41,50)/t25?,32-/m0/s1. The number of hydrogen-bond acceptors (Lipinski definition) is 9. The summed E-state index contributed by atoms with van der Waals surface area (Å²) in [5.41, 5.74) is 0.127. The maximum atomic E-state index is 14.4. The summed E-state index contributed by atoms with van der Waals surface area (Å²) in [6.07, 6.45) is 0.726. The highest BCUT2D eigenvalue weighted by atomic mass is 19.1. The zero-order chi connectivity index (χ0) is 38.7. The molecule has 6 rings (SSSR count). The fourth-order valence-electron chi connectivity index (χ4n) is 6.88. The van der Waals surface area contributed by atoms with E-state index in [9.17, 15) is 23.6 Å². The second-order valence-corrected chi connectivity index (χ2v) is 14.2. The number of amides is 4. The van der Waals surface area contributed by atoms with Gasteiger partial charge < -0.3 is 29.4 Å². The minimum atomic E-state index is -0.884. The lowest BCUT2D eigenvalue weighted by atomic mass is 10.1. The highest BCUT2D eigenvalue weighted by Gasteiger charge is 2.40. The quantitative estimate of drug-likeness (QED) is 0.247. The molecule has 2 aliphatic rings. The van der Waals surface area contributed by atoms with E-state index in [4.69, 9.17) is 19.2 Å². The van der Waals surface area contributed by atoms with E-state index in [0.29, 0.717) is 53.2 Å². The molecule has 2 saturated heterocycles. The minimum absolute atomic E-state index is 0.161. The van der Waals surface area contributed by atoms with Crippen LogP contribution in [0.5, 0.6) is 11.5 Å². The summed E-state index contributed by atoms with van der Waals surface area (Å²) in [4.78, 5) is 65.1. The number of rotatable bonds is 8. The number of piperazine rings is 1. The lowest BCUT2D eigenvalue weighted by Gasteiger charge is -2.40. The van der Waals surface area contributed by atoms with E-state index in [1.165, 1.54) is 53.0 Å². The number of likely N-dealkylation sites (tertiary alicyclic amines) is 1. The van der Waals surface area contributed by atoms with Crippen LogP contribution in [0.4, 0.5) is 25.4 Å². The summed E-state index contributed by atoms with van der Waals surface area (Å²) in [5.74, 6) is 0.472. The first-order valence-corrected chi connectivity index (χ1v) is 17.9.